The van der Waals surface area contributed by atoms with Crippen LogP contribution in [0, 0.1) is 6.92 Å². The van der Waals surface area contributed by atoms with Crippen LogP contribution in [0.4, 0.5) is 0 Å². The number of hydrogen-bond donors (Lipinski definition) is 0. The summed E-state index contributed by atoms with van der Waals surface area (Å²) in [5.74, 6) is 0. The van der Waals surface area contributed by atoms with Gasteiger partial charge in [-0.25, -0.2) is 4.98 Å². The Bertz CT molecular complexity index is 784. The van der Waals surface area contributed by atoms with Gasteiger partial charge in [-0.1, -0.05) is 59.1 Å². The molecule has 1 unspecified atom stereocenters. The SMILES string of the molecule is Cc1ccc(CCC(Cn2cncn2)Sc2c(Cl)cccc2Cl)cc1. The van der Waals surface area contributed by atoms with E-state index >= 15 is 0 Å². The fraction of sp³-hybridized carbons (Fsp3) is 0.263. The first-order valence-electron chi connectivity index (χ1n) is 8.10. The van der Waals surface area contributed by atoms with Crippen molar-refractivity contribution < 1.29 is 0 Å². The van der Waals surface area contributed by atoms with E-state index in [4.69, 9.17) is 23.2 Å². The van der Waals surface area contributed by atoms with Crippen molar-refractivity contribution in [1.29, 1.82) is 0 Å². The summed E-state index contributed by atoms with van der Waals surface area (Å²) in [4.78, 5) is 4.97. The monoisotopic (exact) mass is 391 g/mol. The van der Waals surface area contributed by atoms with E-state index in [2.05, 4.69) is 41.3 Å². The number of halogens is 2. The lowest BCUT2D eigenvalue weighted by Crippen LogP contribution is -2.15. The van der Waals surface area contributed by atoms with Crippen LogP contribution in [-0.4, -0.2) is 20.0 Å². The van der Waals surface area contributed by atoms with Gasteiger partial charge < -0.3 is 0 Å². The summed E-state index contributed by atoms with van der Waals surface area (Å²) < 4.78 is 1.86. The second-order valence-corrected chi connectivity index (χ2v) is 8.06. The molecule has 0 N–H and O–H groups in total. The summed E-state index contributed by atoms with van der Waals surface area (Å²) in [6.07, 6.45) is 5.29. The van der Waals surface area contributed by atoms with E-state index < -0.39 is 0 Å². The van der Waals surface area contributed by atoms with E-state index in [0.29, 0.717) is 15.3 Å². The zero-order chi connectivity index (χ0) is 17.6. The normalized spacial score (nSPS) is 12.3. The van der Waals surface area contributed by atoms with Gasteiger partial charge in [-0.2, -0.15) is 5.10 Å². The molecule has 0 bridgehead atoms. The van der Waals surface area contributed by atoms with Gasteiger partial charge in [0.25, 0.3) is 0 Å². The summed E-state index contributed by atoms with van der Waals surface area (Å²) in [5.41, 5.74) is 2.61. The molecule has 2 aromatic carbocycles. The maximum atomic E-state index is 6.35. The second-order valence-electron chi connectivity index (χ2n) is 5.93. The lowest BCUT2D eigenvalue weighted by Gasteiger charge is -2.18. The highest BCUT2D eigenvalue weighted by atomic mass is 35.5. The predicted molar refractivity (Wildman–Crippen MR) is 106 cm³/mol. The average molecular weight is 392 g/mol. The lowest BCUT2D eigenvalue weighted by molar-refractivity contribution is 0.568. The quantitative estimate of drug-likeness (QED) is 0.484. The van der Waals surface area contributed by atoms with Crippen LogP contribution in [0.1, 0.15) is 17.5 Å². The largest absolute Gasteiger partial charge is 0.252 e. The molecule has 1 atom stereocenters. The van der Waals surface area contributed by atoms with Crippen LogP contribution in [0.2, 0.25) is 10.0 Å². The molecule has 0 radical (unpaired) electrons. The summed E-state index contributed by atoms with van der Waals surface area (Å²) in [5, 5.41) is 5.91. The molecule has 0 aliphatic rings. The Morgan fingerprint density at radius 2 is 1.80 bits per heavy atom. The Kier molecular flexibility index (Phi) is 6.40. The van der Waals surface area contributed by atoms with E-state index in [1.807, 2.05) is 22.9 Å². The van der Waals surface area contributed by atoms with Crippen molar-refractivity contribution in [3.63, 3.8) is 0 Å². The number of aryl methyl sites for hydroxylation is 2. The van der Waals surface area contributed by atoms with E-state index in [1.165, 1.54) is 11.1 Å². The Hall–Kier alpha value is -1.49. The molecule has 6 heteroatoms. The summed E-state index contributed by atoms with van der Waals surface area (Å²) in [7, 11) is 0. The number of nitrogens with zero attached hydrogens (tertiary/aromatic N) is 3. The Balaban J connectivity index is 1.73. The zero-order valence-electron chi connectivity index (χ0n) is 13.9. The molecule has 3 aromatic rings. The fourth-order valence-corrected chi connectivity index (χ4v) is 4.39. The van der Waals surface area contributed by atoms with Gasteiger partial charge >= 0.3 is 0 Å². The van der Waals surface area contributed by atoms with Crippen LogP contribution in [-0.2, 0) is 13.0 Å². The number of benzene rings is 2. The van der Waals surface area contributed by atoms with Gasteiger partial charge in [0, 0.05) is 10.1 Å². The third-order valence-electron chi connectivity index (χ3n) is 3.94. The minimum Gasteiger partial charge on any atom is -0.252 e. The van der Waals surface area contributed by atoms with Crippen molar-refractivity contribution in [1.82, 2.24) is 14.8 Å². The van der Waals surface area contributed by atoms with Gasteiger partial charge in [-0.3, -0.25) is 4.68 Å². The Labute approximate surface area is 162 Å². The molecule has 0 aliphatic heterocycles. The van der Waals surface area contributed by atoms with Gasteiger partial charge in [-0.15, -0.1) is 11.8 Å². The molecule has 3 nitrogen and oxygen atoms in total. The Morgan fingerprint density at radius 1 is 1.08 bits per heavy atom. The van der Waals surface area contributed by atoms with Crippen molar-refractivity contribution in [2.75, 3.05) is 0 Å². The third-order valence-corrected chi connectivity index (χ3v) is 6.18. The van der Waals surface area contributed by atoms with Gasteiger partial charge in [0.05, 0.1) is 16.6 Å². The molecular weight excluding hydrogens is 373 g/mol. The molecule has 0 amide bonds. The van der Waals surface area contributed by atoms with Gasteiger partial charge in [0.1, 0.15) is 12.7 Å². The first-order chi connectivity index (χ1) is 12.1. The second kappa shape index (κ2) is 8.75. The number of thioether (sulfide) groups is 1. The molecule has 3 rings (SSSR count). The maximum absolute atomic E-state index is 6.35. The molecule has 1 heterocycles. The van der Waals surface area contributed by atoms with Crippen molar-refractivity contribution in [3.8, 4) is 0 Å². The van der Waals surface area contributed by atoms with Crippen molar-refractivity contribution >= 4 is 35.0 Å². The zero-order valence-corrected chi connectivity index (χ0v) is 16.2. The van der Waals surface area contributed by atoms with Gasteiger partial charge in [0.2, 0.25) is 0 Å². The van der Waals surface area contributed by atoms with Crippen LogP contribution < -0.4 is 0 Å². The van der Waals surface area contributed by atoms with Gasteiger partial charge in [0.15, 0.2) is 0 Å². The Morgan fingerprint density at radius 3 is 2.44 bits per heavy atom. The molecular formula is C19H19Cl2N3S. The summed E-state index contributed by atoms with van der Waals surface area (Å²) in [6.45, 7) is 2.87. The first kappa shape index (κ1) is 18.3. The number of hydrogen-bond acceptors (Lipinski definition) is 3. The first-order valence-corrected chi connectivity index (χ1v) is 9.74. The van der Waals surface area contributed by atoms with Crippen molar-refractivity contribution in [2.24, 2.45) is 0 Å². The average Bonchev–Trinajstić information content (AvgIpc) is 3.10. The summed E-state index contributed by atoms with van der Waals surface area (Å²) in [6, 6.07) is 14.3. The molecule has 0 saturated heterocycles. The van der Waals surface area contributed by atoms with Crippen LogP contribution in [0.3, 0.4) is 0 Å². The smallest absolute Gasteiger partial charge is 0.137 e. The molecule has 0 aliphatic carbocycles. The highest BCUT2D eigenvalue weighted by Crippen LogP contribution is 2.38. The van der Waals surface area contributed by atoms with Crippen molar-refractivity contribution in [3.05, 3.63) is 76.3 Å². The van der Waals surface area contributed by atoms with E-state index in [0.717, 1.165) is 24.3 Å². The lowest BCUT2D eigenvalue weighted by atomic mass is 10.1. The van der Waals surface area contributed by atoms with E-state index in [9.17, 15) is 0 Å². The standard InChI is InChI=1S/C19H19Cl2N3S/c1-14-5-7-15(8-6-14)9-10-16(11-24-13-22-12-23-24)25-19-17(20)3-2-4-18(19)21/h2-8,12-13,16H,9-11H2,1H3. The molecule has 0 saturated carbocycles. The topological polar surface area (TPSA) is 30.7 Å². The highest BCUT2D eigenvalue weighted by Gasteiger charge is 2.16. The molecule has 1 aromatic heterocycles. The van der Waals surface area contributed by atoms with E-state index in [1.54, 1.807) is 24.4 Å². The molecule has 130 valence electrons. The molecule has 0 spiro atoms. The van der Waals surface area contributed by atoms with Crippen LogP contribution in [0.15, 0.2) is 60.0 Å². The van der Waals surface area contributed by atoms with Crippen LogP contribution in [0.25, 0.3) is 0 Å². The molecule has 25 heavy (non-hydrogen) atoms. The van der Waals surface area contributed by atoms with Crippen LogP contribution in [0.5, 0.6) is 0 Å². The van der Waals surface area contributed by atoms with Gasteiger partial charge in [-0.05, 0) is 37.5 Å². The van der Waals surface area contributed by atoms with Crippen molar-refractivity contribution in [2.45, 2.75) is 36.5 Å². The number of rotatable bonds is 7. The number of aromatic nitrogens is 3. The fourth-order valence-electron chi connectivity index (χ4n) is 2.57. The predicted octanol–water partition coefficient (Wildman–Crippen LogP) is 5.69. The minimum atomic E-state index is 0.292. The van der Waals surface area contributed by atoms with E-state index in [-0.39, 0.29) is 0 Å². The third kappa shape index (κ3) is 5.24. The maximum Gasteiger partial charge on any atom is 0.137 e. The minimum absolute atomic E-state index is 0.292. The van der Waals surface area contributed by atoms with Crippen LogP contribution >= 0.6 is 35.0 Å². The molecule has 0 fully saturated rings. The summed E-state index contributed by atoms with van der Waals surface area (Å²) >= 11 is 14.4. The highest BCUT2D eigenvalue weighted by molar-refractivity contribution is 8.00.